The number of fused-ring (bicyclic) bond motifs is 1. The van der Waals surface area contributed by atoms with Gasteiger partial charge in [-0.25, -0.2) is 9.78 Å². The number of rotatable bonds is 3. The van der Waals surface area contributed by atoms with Crippen LogP contribution in [0.15, 0.2) is 41.5 Å². The number of nitrogens with zero attached hydrogens (tertiary/aromatic N) is 5. The number of hydrogen-bond donors (Lipinski definition) is 1. The van der Waals surface area contributed by atoms with Crippen molar-refractivity contribution in [1.82, 2.24) is 29.3 Å². The molecule has 5 rings (SSSR count). The second kappa shape index (κ2) is 8.43. The zero-order valence-electron chi connectivity index (χ0n) is 17.2. The van der Waals surface area contributed by atoms with E-state index >= 15 is 0 Å². The van der Waals surface area contributed by atoms with Gasteiger partial charge in [-0.3, -0.25) is 14.3 Å². The molecule has 9 heteroatoms. The van der Waals surface area contributed by atoms with Gasteiger partial charge < -0.3 is 14.8 Å². The molecule has 1 aromatic carbocycles. The van der Waals surface area contributed by atoms with Crippen molar-refractivity contribution < 1.29 is 4.79 Å². The van der Waals surface area contributed by atoms with Crippen LogP contribution in [0.1, 0.15) is 42.2 Å². The molecule has 0 aliphatic carbocycles. The zero-order chi connectivity index (χ0) is 21.4. The van der Waals surface area contributed by atoms with E-state index in [-0.39, 0.29) is 22.8 Å². The van der Waals surface area contributed by atoms with Gasteiger partial charge >= 0.3 is 5.69 Å². The lowest BCUT2D eigenvalue weighted by atomic mass is 9.97. The molecule has 1 amide bonds. The molecule has 2 aliphatic heterocycles. The fourth-order valence-corrected chi connectivity index (χ4v) is 5.13. The Morgan fingerprint density at radius 1 is 1.00 bits per heavy atom. The zero-order valence-corrected chi connectivity index (χ0v) is 18.0. The van der Waals surface area contributed by atoms with E-state index in [9.17, 15) is 9.59 Å². The number of para-hydroxylation sites is 2. The molecule has 0 saturated carbocycles. The van der Waals surface area contributed by atoms with Gasteiger partial charge in [0, 0.05) is 38.3 Å². The Hall–Kier alpha value is -2.71. The van der Waals surface area contributed by atoms with Crippen molar-refractivity contribution in [3.05, 3.63) is 58.0 Å². The van der Waals surface area contributed by atoms with E-state index in [0.29, 0.717) is 24.8 Å². The average Bonchev–Trinajstić information content (AvgIpc) is 3.14. The Balaban J connectivity index is 1.18. The standard InChI is InChI=1S/C22H25ClN6O2/c23-20-14-24-13-18(25-20)21(30)28-11-5-15(6-12-28)27-9-7-16(8-10-27)29-19-4-2-1-3-17(19)26-22(29)31/h1-4,13-16H,5-12H2,(H,26,31). The first kappa shape index (κ1) is 20.2. The molecule has 2 aromatic heterocycles. The third kappa shape index (κ3) is 3.97. The van der Waals surface area contributed by atoms with Crippen LogP contribution in [0.3, 0.4) is 0 Å². The van der Waals surface area contributed by atoms with Gasteiger partial charge in [0.05, 0.1) is 23.4 Å². The van der Waals surface area contributed by atoms with Gasteiger partial charge in [0.25, 0.3) is 5.91 Å². The molecule has 0 atom stereocenters. The Bertz CT molecular complexity index is 1140. The van der Waals surface area contributed by atoms with Gasteiger partial charge in [-0.1, -0.05) is 23.7 Å². The number of imidazole rings is 1. The van der Waals surface area contributed by atoms with Crippen molar-refractivity contribution in [3.8, 4) is 0 Å². The lowest BCUT2D eigenvalue weighted by Crippen LogP contribution is -2.49. The van der Waals surface area contributed by atoms with Gasteiger partial charge in [0.2, 0.25) is 0 Å². The molecule has 0 radical (unpaired) electrons. The summed E-state index contributed by atoms with van der Waals surface area (Å²) in [6.07, 6.45) is 6.70. The van der Waals surface area contributed by atoms with Gasteiger partial charge in [-0.2, -0.15) is 0 Å². The summed E-state index contributed by atoms with van der Waals surface area (Å²) < 4.78 is 1.93. The highest BCUT2D eigenvalue weighted by Crippen LogP contribution is 2.28. The molecule has 2 saturated heterocycles. The molecule has 0 unspecified atom stereocenters. The Labute approximate surface area is 184 Å². The van der Waals surface area contributed by atoms with E-state index in [4.69, 9.17) is 11.6 Å². The maximum atomic E-state index is 12.7. The summed E-state index contributed by atoms with van der Waals surface area (Å²) >= 11 is 5.87. The molecule has 2 aliphatic rings. The summed E-state index contributed by atoms with van der Waals surface area (Å²) in [7, 11) is 0. The van der Waals surface area contributed by atoms with Gasteiger partial charge in [-0.15, -0.1) is 0 Å². The number of carbonyl (C=O) groups excluding carboxylic acids is 1. The first-order valence-electron chi connectivity index (χ1n) is 10.8. The summed E-state index contributed by atoms with van der Waals surface area (Å²) in [4.78, 5) is 40.6. The van der Waals surface area contributed by atoms with Crippen LogP contribution in [0.4, 0.5) is 0 Å². The van der Waals surface area contributed by atoms with E-state index in [1.165, 1.54) is 12.4 Å². The number of hydrogen-bond acceptors (Lipinski definition) is 5. The summed E-state index contributed by atoms with van der Waals surface area (Å²) in [6.45, 7) is 3.35. The van der Waals surface area contributed by atoms with Crippen molar-refractivity contribution >= 4 is 28.5 Å². The minimum Gasteiger partial charge on any atom is -0.337 e. The second-order valence-electron chi connectivity index (χ2n) is 8.33. The molecule has 3 aromatic rings. The first-order chi connectivity index (χ1) is 15.1. The minimum absolute atomic E-state index is 0.0180. The Morgan fingerprint density at radius 3 is 2.45 bits per heavy atom. The molecule has 2 fully saturated rings. The highest BCUT2D eigenvalue weighted by atomic mass is 35.5. The van der Waals surface area contributed by atoms with Gasteiger partial charge in [0.1, 0.15) is 10.8 Å². The summed E-state index contributed by atoms with van der Waals surface area (Å²) in [5.41, 5.74) is 2.17. The summed E-state index contributed by atoms with van der Waals surface area (Å²) in [6, 6.07) is 8.58. The van der Waals surface area contributed by atoms with E-state index in [2.05, 4.69) is 19.9 Å². The summed E-state index contributed by atoms with van der Waals surface area (Å²) in [5.74, 6) is -0.106. The number of amides is 1. The highest BCUT2D eigenvalue weighted by Gasteiger charge is 2.31. The summed E-state index contributed by atoms with van der Waals surface area (Å²) in [5, 5.41) is 0.234. The third-order valence-corrected chi connectivity index (χ3v) is 6.76. The fourth-order valence-electron chi connectivity index (χ4n) is 4.99. The molecule has 4 heterocycles. The van der Waals surface area contributed by atoms with Crippen LogP contribution in [-0.4, -0.2) is 67.4 Å². The maximum Gasteiger partial charge on any atom is 0.326 e. The van der Waals surface area contributed by atoms with Crippen LogP contribution in [0, 0.1) is 0 Å². The topological polar surface area (TPSA) is 87.1 Å². The molecule has 0 bridgehead atoms. The van der Waals surface area contributed by atoms with Crippen LogP contribution < -0.4 is 5.69 Å². The van der Waals surface area contributed by atoms with Crippen molar-refractivity contribution in [1.29, 1.82) is 0 Å². The molecule has 162 valence electrons. The smallest absolute Gasteiger partial charge is 0.326 e. The maximum absolute atomic E-state index is 12.7. The van der Waals surface area contributed by atoms with Crippen molar-refractivity contribution in [3.63, 3.8) is 0 Å². The number of carbonyl (C=O) groups is 1. The van der Waals surface area contributed by atoms with Crippen LogP contribution in [-0.2, 0) is 0 Å². The van der Waals surface area contributed by atoms with Crippen LogP contribution in [0.25, 0.3) is 11.0 Å². The van der Waals surface area contributed by atoms with Crippen LogP contribution in [0.5, 0.6) is 0 Å². The number of benzene rings is 1. The SMILES string of the molecule is O=C(c1cncc(Cl)n1)N1CCC(N2CCC(n3c(=O)[nH]c4ccccc43)CC2)CC1. The van der Waals surface area contributed by atoms with E-state index < -0.39 is 0 Å². The number of likely N-dealkylation sites (tertiary alicyclic amines) is 2. The second-order valence-corrected chi connectivity index (χ2v) is 8.72. The highest BCUT2D eigenvalue weighted by molar-refractivity contribution is 6.29. The molecule has 1 N–H and O–H groups in total. The number of H-pyrrole nitrogens is 1. The van der Waals surface area contributed by atoms with Crippen molar-refractivity contribution in [2.24, 2.45) is 0 Å². The third-order valence-electron chi connectivity index (χ3n) is 6.58. The molecular formula is C22H25ClN6O2. The lowest BCUT2D eigenvalue weighted by molar-refractivity contribution is 0.0552. The Morgan fingerprint density at radius 2 is 1.71 bits per heavy atom. The normalized spacial score (nSPS) is 19.2. The number of halogens is 1. The monoisotopic (exact) mass is 440 g/mol. The molecule has 31 heavy (non-hydrogen) atoms. The van der Waals surface area contributed by atoms with Crippen molar-refractivity contribution in [2.75, 3.05) is 26.2 Å². The quantitative estimate of drug-likeness (QED) is 0.676. The average molecular weight is 441 g/mol. The van der Waals surface area contributed by atoms with Crippen molar-refractivity contribution in [2.45, 2.75) is 37.8 Å². The number of piperidine rings is 2. The van der Waals surface area contributed by atoms with E-state index in [1.807, 2.05) is 33.7 Å². The predicted molar refractivity (Wildman–Crippen MR) is 118 cm³/mol. The van der Waals surface area contributed by atoms with Crippen LogP contribution >= 0.6 is 11.6 Å². The first-order valence-corrected chi connectivity index (χ1v) is 11.2. The lowest BCUT2D eigenvalue weighted by Gasteiger charge is -2.41. The number of aromatic nitrogens is 4. The van der Waals surface area contributed by atoms with E-state index in [1.54, 1.807) is 0 Å². The molecule has 0 spiro atoms. The van der Waals surface area contributed by atoms with Gasteiger partial charge in [0.15, 0.2) is 0 Å². The number of aromatic amines is 1. The van der Waals surface area contributed by atoms with E-state index in [0.717, 1.165) is 49.8 Å². The molecule has 8 nitrogen and oxygen atoms in total. The Kier molecular flexibility index (Phi) is 5.50. The predicted octanol–water partition coefficient (Wildman–Crippen LogP) is 2.71. The van der Waals surface area contributed by atoms with Crippen LogP contribution in [0.2, 0.25) is 5.15 Å². The largest absolute Gasteiger partial charge is 0.337 e. The minimum atomic E-state index is -0.106. The molecular weight excluding hydrogens is 416 g/mol. The fraction of sp³-hybridized carbons (Fsp3) is 0.455. The van der Waals surface area contributed by atoms with Gasteiger partial charge in [-0.05, 0) is 37.8 Å². The number of nitrogens with one attached hydrogen (secondary N) is 1.